The van der Waals surface area contributed by atoms with Gasteiger partial charge >= 0.3 is 0 Å². The maximum Gasteiger partial charge on any atom is -0.0442 e. The van der Waals surface area contributed by atoms with Gasteiger partial charge in [-0.25, -0.2) is 0 Å². The summed E-state index contributed by atoms with van der Waals surface area (Å²) in [4.78, 5) is 0. The van der Waals surface area contributed by atoms with Crippen molar-refractivity contribution in [1.82, 2.24) is 0 Å². The molecule has 0 aromatic heterocycles. The van der Waals surface area contributed by atoms with Crippen molar-refractivity contribution in [3.05, 3.63) is 11.6 Å². The van der Waals surface area contributed by atoms with Gasteiger partial charge in [-0.1, -0.05) is 11.6 Å². The van der Waals surface area contributed by atoms with Gasteiger partial charge in [0.1, 0.15) is 0 Å². The second-order valence-corrected chi connectivity index (χ2v) is 1.37. The first kappa shape index (κ1) is 23.5. The lowest BCUT2D eigenvalue weighted by atomic mass is 10.3. The standard InChI is InChI=1S/C5H10.3ClH/c1-4-5(2)3;;;/h4H,1-3H3;3*1H. The monoisotopic (exact) mass is 178 g/mol. The summed E-state index contributed by atoms with van der Waals surface area (Å²) in [6, 6.07) is 0. The Balaban J connectivity index is -0.0000000267. The van der Waals surface area contributed by atoms with Crippen LogP contribution in [0, 0.1) is 0 Å². The van der Waals surface area contributed by atoms with Crippen LogP contribution in [0.4, 0.5) is 0 Å². The highest BCUT2D eigenvalue weighted by Gasteiger charge is 1.60. The average Bonchev–Trinajstić information content (AvgIpc) is 1.38. The van der Waals surface area contributed by atoms with Crippen LogP contribution >= 0.6 is 37.2 Å². The summed E-state index contributed by atoms with van der Waals surface area (Å²) in [5, 5.41) is 0. The van der Waals surface area contributed by atoms with Crippen LogP contribution in [-0.4, -0.2) is 0 Å². The average molecular weight is 180 g/mol. The normalized spacial score (nSPS) is 4.38. The molecular formula is C5H13Cl3. The summed E-state index contributed by atoms with van der Waals surface area (Å²) in [5.74, 6) is 0. The van der Waals surface area contributed by atoms with E-state index >= 15 is 0 Å². The molecule has 0 saturated heterocycles. The number of rotatable bonds is 0. The van der Waals surface area contributed by atoms with Crippen molar-refractivity contribution in [1.29, 1.82) is 0 Å². The summed E-state index contributed by atoms with van der Waals surface area (Å²) in [6.45, 7) is 6.20. The van der Waals surface area contributed by atoms with Crippen LogP contribution < -0.4 is 0 Å². The molecule has 0 aromatic rings. The molecule has 0 aliphatic carbocycles. The lowest BCUT2D eigenvalue weighted by Gasteiger charge is -1.74. The van der Waals surface area contributed by atoms with Gasteiger partial charge in [-0.3, -0.25) is 0 Å². The van der Waals surface area contributed by atoms with Crippen molar-refractivity contribution in [3.8, 4) is 0 Å². The highest BCUT2D eigenvalue weighted by Crippen LogP contribution is 1.82. The minimum absolute atomic E-state index is 0. The first-order chi connectivity index (χ1) is 2.27. The van der Waals surface area contributed by atoms with Gasteiger partial charge in [0, 0.05) is 0 Å². The van der Waals surface area contributed by atoms with Crippen molar-refractivity contribution >= 4 is 37.2 Å². The van der Waals surface area contributed by atoms with Crippen LogP contribution in [0.2, 0.25) is 0 Å². The third-order valence-corrected chi connectivity index (χ3v) is 0.577. The Kier molecular flexibility index (Phi) is 45.9. The topological polar surface area (TPSA) is 0 Å². The molecule has 0 aliphatic rings. The Bertz CT molecular complexity index is 45.6. The molecule has 0 N–H and O–H groups in total. The van der Waals surface area contributed by atoms with Crippen molar-refractivity contribution in [2.45, 2.75) is 20.8 Å². The van der Waals surface area contributed by atoms with Gasteiger partial charge in [0.15, 0.2) is 0 Å². The first-order valence-corrected chi connectivity index (χ1v) is 1.87. The molecule has 0 unspecified atom stereocenters. The predicted molar refractivity (Wildman–Crippen MR) is 46.8 cm³/mol. The Morgan fingerprint density at radius 2 is 1.12 bits per heavy atom. The van der Waals surface area contributed by atoms with E-state index in [4.69, 9.17) is 0 Å². The van der Waals surface area contributed by atoms with Gasteiger partial charge in [-0.05, 0) is 20.8 Å². The fourth-order valence-electron chi connectivity index (χ4n) is 0. The summed E-state index contributed by atoms with van der Waals surface area (Å²) < 4.78 is 0. The molecule has 3 heteroatoms. The maximum atomic E-state index is 2.08. The minimum atomic E-state index is 0. The van der Waals surface area contributed by atoms with E-state index in [0.29, 0.717) is 0 Å². The smallest absolute Gasteiger partial charge is 0.0442 e. The number of halogens is 3. The molecule has 0 bridgehead atoms. The van der Waals surface area contributed by atoms with Gasteiger partial charge in [0.05, 0.1) is 0 Å². The van der Waals surface area contributed by atoms with Crippen molar-refractivity contribution in [2.75, 3.05) is 0 Å². The summed E-state index contributed by atoms with van der Waals surface area (Å²) >= 11 is 0. The Labute approximate surface area is 70.0 Å². The molecule has 0 spiro atoms. The molecule has 0 fully saturated rings. The highest BCUT2D eigenvalue weighted by atomic mass is 35.5. The zero-order valence-electron chi connectivity index (χ0n) is 5.30. The lowest BCUT2D eigenvalue weighted by Crippen LogP contribution is -1.52. The summed E-state index contributed by atoms with van der Waals surface area (Å²) in [5.41, 5.74) is 1.38. The Morgan fingerprint density at radius 1 is 1.00 bits per heavy atom. The molecule has 0 rings (SSSR count). The van der Waals surface area contributed by atoms with Crippen LogP contribution in [0.5, 0.6) is 0 Å². The van der Waals surface area contributed by atoms with E-state index in [2.05, 4.69) is 19.9 Å². The largest absolute Gasteiger partial charge is 0.147 e. The minimum Gasteiger partial charge on any atom is -0.147 e. The summed E-state index contributed by atoms with van der Waals surface area (Å²) in [6.07, 6.45) is 2.08. The van der Waals surface area contributed by atoms with Gasteiger partial charge in [0.2, 0.25) is 0 Å². The molecule has 0 nitrogen and oxygen atoms in total. The van der Waals surface area contributed by atoms with E-state index in [1.807, 2.05) is 6.92 Å². The second kappa shape index (κ2) is 15.6. The van der Waals surface area contributed by atoms with Crippen LogP contribution in [0.25, 0.3) is 0 Å². The number of hydrogen-bond donors (Lipinski definition) is 0. The van der Waals surface area contributed by atoms with Crippen LogP contribution in [0.3, 0.4) is 0 Å². The molecule has 0 amide bonds. The Hall–Kier alpha value is 0.610. The third kappa shape index (κ3) is 30.5. The van der Waals surface area contributed by atoms with Gasteiger partial charge < -0.3 is 0 Å². The van der Waals surface area contributed by atoms with E-state index in [1.165, 1.54) is 5.57 Å². The van der Waals surface area contributed by atoms with Gasteiger partial charge in [-0.15, -0.1) is 37.2 Å². The van der Waals surface area contributed by atoms with Crippen molar-refractivity contribution in [3.63, 3.8) is 0 Å². The maximum absolute atomic E-state index is 2.08. The van der Waals surface area contributed by atoms with Crippen molar-refractivity contribution < 1.29 is 0 Å². The zero-order chi connectivity index (χ0) is 4.28. The molecular weight excluding hydrogens is 166 g/mol. The molecule has 0 heterocycles. The fourth-order valence-corrected chi connectivity index (χ4v) is 0. The Morgan fingerprint density at radius 3 is 1.12 bits per heavy atom. The van der Waals surface area contributed by atoms with Gasteiger partial charge in [0.25, 0.3) is 0 Å². The molecule has 54 valence electrons. The molecule has 0 radical (unpaired) electrons. The first-order valence-electron chi connectivity index (χ1n) is 1.87. The third-order valence-electron chi connectivity index (χ3n) is 0.577. The fraction of sp³-hybridized carbons (Fsp3) is 0.600. The molecule has 0 aliphatic heterocycles. The van der Waals surface area contributed by atoms with Crippen LogP contribution in [0.15, 0.2) is 11.6 Å². The van der Waals surface area contributed by atoms with Crippen LogP contribution in [0.1, 0.15) is 20.8 Å². The van der Waals surface area contributed by atoms with E-state index in [9.17, 15) is 0 Å². The zero-order valence-corrected chi connectivity index (χ0v) is 7.75. The number of hydrogen-bond acceptors (Lipinski definition) is 0. The molecule has 0 saturated carbocycles. The van der Waals surface area contributed by atoms with Gasteiger partial charge in [-0.2, -0.15) is 0 Å². The highest BCUT2D eigenvalue weighted by molar-refractivity contribution is 5.86. The SMILES string of the molecule is CC=C(C)C.Cl.Cl.Cl. The van der Waals surface area contributed by atoms with E-state index < -0.39 is 0 Å². The predicted octanol–water partition coefficient (Wildman–Crippen LogP) is 3.24. The van der Waals surface area contributed by atoms with E-state index in [0.717, 1.165) is 0 Å². The second-order valence-electron chi connectivity index (χ2n) is 1.37. The molecule has 8 heavy (non-hydrogen) atoms. The summed E-state index contributed by atoms with van der Waals surface area (Å²) in [7, 11) is 0. The molecule has 0 atom stereocenters. The van der Waals surface area contributed by atoms with Crippen molar-refractivity contribution in [2.24, 2.45) is 0 Å². The van der Waals surface area contributed by atoms with E-state index in [-0.39, 0.29) is 37.2 Å². The molecule has 0 aromatic carbocycles. The quantitative estimate of drug-likeness (QED) is 0.501. The van der Waals surface area contributed by atoms with E-state index in [1.54, 1.807) is 0 Å². The van der Waals surface area contributed by atoms with Crippen LogP contribution in [-0.2, 0) is 0 Å². The number of allylic oxidation sites excluding steroid dienone is 2. The lowest BCUT2D eigenvalue weighted by molar-refractivity contribution is 1.36.